The minimum Gasteiger partial charge on any atom is -0.452 e. The van der Waals surface area contributed by atoms with Gasteiger partial charge in [-0.3, -0.25) is 0 Å². The summed E-state index contributed by atoms with van der Waals surface area (Å²) in [7, 11) is 0. The Bertz CT molecular complexity index is 832. The lowest BCUT2D eigenvalue weighted by Crippen LogP contribution is -2.05. The fourth-order valence-electron chi connectivity index (χ4n) is 1.93. The Kier molecular flexibility index (Phi) is 4.02. The van der Waals surface area contributed by atoms with Gasteiger partial charge in [-0.1, -0.05) is 23.7 Å². The van der Waals surface area contributed by atoms with Crippen LogP contribution in [0, 0.1) is 0 Å². The Labute approximate surface area is 131 Å². The number of rotatable bonds is 4. The molecule has 0 saturated carbocycles. The lowest BCUT2D eigenvalue weighted by molar-refractivity contribution is 0.0430. The number of nitrogens with zero attached hydrogens (tertiary/aromatic N) is 3. The summed E-state index contributed by atoms with van der Waals surface area (Å²) in [5, 5.41) is 4.95. The van der Waals surface area contributed by atoms with Crippen molar-refractivity contribution >= 4 is 28.5 Å². The first kappa shape index (κ1) is 14.5. The molecule has 3 aromatic rings. The molecular formula is C15H12ClN3O3. The van der Waals surface area contributed by atoms with Crippen LogP contribution in [0.2, 0.25) is 5.15 Å². The van der Waals surface area contributed by atoms with Crippen LogP contribution in [0.15, 0.2) is 34.9 Å². The van der Waals surface area contributed by atoms with Crippen molar-refractivity contribution in [3.05, 3.63) is 52.8 Å². The van der Waals surface area contributed by atoms with Crippen molar-refractivity contribution in [2.45, 2.75) is 20.0 Å². The number of carbonyl (C=O) groups excluding carboxylic acids is 1. The Hall–Kier alpha value is -2.47. The first-order valence-electron chi connectivity index (χ1n) is 6.70. The van der Waals surface area contributed by atoms with E-state index in [1.165, 1.54) is 0 Å². The number of aryl methyl sites for hydroxylation is 1. The van der Waals surface area contributed by atoms with Gasteiger partial charge in [0.15, 0.2) is 12.4 Å². The van der Waals surface area contributed by atoms with Crippen LogP contribution in [0.3, 0.4) is 0 Å². The first-order valence-corrected chi connectivity index (χ1v) is 7.08. The van der Waals surface area contributed by atoms with Gasteiger partial charge in [-0.25, -0.2) is 9.78 Å². The molecule has 7 heteroatoms. The second kappa shape index (κ2) is 6.11. The zero-order chi connectivity index (χ0) is 15.5. The van der Waals surface area contributed by atoms with Crippen LogP contribution < -0.4 is 0 Å². The number of pyridine rings is 1. The molecule has 0 aliphatic rings. The van der Waals surface area contributed by atoms with Crippen molar-refractivity contribution in [3.8, 4) is 0 Å². The Morgan fingerprint density at radius 3 is 2.91 bits per heavy atom. The molecule has 0 bridgehead atoms. The number of benzene rings is 1. The molecule has 22 heavy (non-hydrogen) atoms. The summed E-state index contributed by atoms with van der Waals surface area (Å²) in [4.78, 5) is 20.3. The van der Waals surface area contributed by atoms with E-state index in [0.29, 0.717) is 28.5 Å². The van der Waals surface area contributed by atoms with E-state index in [2.05, 4.69) is 15.1 Å². The highest BCUT2D eigenvalue weighted by atomic mass is 35.5. The standard InChI is InChI=1S/C15H12ClN3O3/c1-2-13-18-14(22-19-13)8-21-15(20)10-3-5-11-9(7-10)4-6-12(16)17-11/h3-7H,2,8H2,1H3. The van der Waals surface area contributed by atoms with Gasteiger partial charge in [-0.05, 0) is 30.3 Å². The van der Waals surface area contributed by atoms with E-state index >= 15 is 0 Å². The number of ether oxygens (including phenoxy) is 1. The summed E-state index contributed by atoms with van der Waals surface area (Å²) >= 11 is 5.83. The minimum absolute atomic E-state index is 0.0528. The maximum absolute atomic E-state index is 12.0. The largest absolute Gasteiger partial charge is 0.452 e. The summed E-state index contributed by atoms with van der Waals surface area (Å²) in [6, 6.07) is 8.53. The predicted molar refractivity (Wildman–Crippen MR) is 79.5 cm³/mol. The third kappa shape index (κ3) is 3.07. The van der Waals surface area contributed by atoms with Gasteiger partial charge >= 0.3 is 5.97 Å². The third-order valence-electron chi connectivity index (χ3n) is 3.04. The highest BCUT2D eigenvalue weighted by Crippen LogP contribution is 2.18. The molecule has 2 aromatic heterocycles. The van der Waals surface area contributed by atoms with Crippen LogP contribution in [0.1, 0.15) is 29.0 Å². The Morgan fingerprint density at radius 1 is 1.27 bits per heavy atom. The highest BCUT2D eigenvalue weighted by molar-refractivity contribution is 6.29. The normalized spacial score (nSPS) is 10.8. The van der Waals surface area contributed by atoms with Gasteiger partial charge < -0.3 is 9.26 Å². The van der Waals surface area contributed by atoms with Gasteiger partial charge in [-0.2, -0.15) is 4.98 Å². The molecule has 0 aliphatic heterocycles. The van der Waals surface area contributed by atoms with Crippen molar-refractivity contribution in [3.63, 3.8) is 0 Å². The van der Waals surface area contributed by atoms with E-state index in [-0.39, 0.29) is 12.5 Å². The lowest BCUT2D eigenvalue weighted by Gasteiger charge is -2.03. The number of esters is 1. The zero-order valence-electron chi connectivity index (χ0n) is 11.7. The fourth-order valence-corrected chi connectivity index (χ4v) is 2.08. The summed E-state index contributed by atoms with van der Waals surface area (Å²) < 4.78 is 10.1. The summed E-state index contributed by atoms with van der Waals surface area (Å²) in [6.45, 7) is 1.86. The average Bonchev–Trinajstić information content (AvgIpc) is 3.00. The third-order valence-corrected chi connectivity index (χ3v) is 3.25. The molecule has 0 aliphatic carbocycles. The number of aromatic nitrogens is 3. The van der Waals surface area contributed by atoms with Crippen LogP contribution in [-0.2, 0) is 17.8 Å². The highest BCUT2D eigenvalue weighted by Gasteiger charge is 2.12. The van der Waals surface area contributed by atoms with E-state index in [9.17, 15) is 4.79 Å². The molecular weight excluding hydrogens is 306 g/mol. The van der Waals surface area contributed by atoms with E-state index in [1.54, 1.807) is 30.3 Å². The molecule has 112 valence electrons. The molecule has 0 amide bonds. The SMILES string of the molecule is CCc1noc(COC(=O)c2ccc3nc(Cl)ccc3c2)n1. The zero-order valence-corrected chi connectivity index (χ0v) is 12.5. The maximum Gasteiger partial charge on any atom is 0.338 e. The second-order valence-corrected chi connectivity index (χ2v) is 4.96. The molecule has 6 nitrogen and oxygen atoms in total. The maximum atomic E-state index is 12.0. The fraction of sp³-hybridized carbons (Fsp3) is 0.200. The van der Waals surface area contributed by atoms with Gasteiger partial charge in [0, 0.05) is 11.8 Å². The molecule has 0 unspecified atom stereocenters. The second-order valence-electron chi connectivity index (χ2n) is 4.58. The molecule has 3 rings (SSSR count). The van der Waals surface area contributed by atoms with Crippen molar-refractivity contribution < 1.29 is 14.1 Å². The van der Waals surface area contributed by atoms with Gasteiger partial charge in [0.1, 0.15) is 5.15 Å². The summed E-state index contributed by atoms with van der Waals surface area (Å²) in [5.74, 6) is 0.396. The van der Waals surface area contributed by atoms with Gasteiger partial charge in [-0.15, -0.1) is 0 Å². The number of hydrogen-bond acceptors (Lipinski definition) is 6. The molecule has 1 aromatic carbocycles. The van der Waals surface area contributed by atoms with E-state index < -0.39 is 5.97 Å². The van der Waals surface area contributed by atoms with Gasteiger partial charge in [0.2, 0.25) is 0 Å². The van der Waals surface area contributed by atoms with Gasteiger partial charge in [0.25, 0.3) is 5.89 Å². The average molecular weight is 318 g/mol. The molecule has 0 atom stereocenters. The quantitative estimate of drug-likeness (QED) is 0.543. The summed E-state index contributed by atoms with van der Waals surface area (Å²) in [5.41, 5.74) is 1.14. The van der Waals surface area contributed by atoms with Crippen LogP contribution in [0.25, 0.3) is 10.9 Å². The molecule has 0 spiro atoms. The molecule has 0 saturated heterocycles. The monoisotopic (exact) mass is 317 g/mol. The van der Waals surface area contributed by atoms with Crippen LogP contribution in [0.4, 0.5) is 0 Å². The van der Waals surface area contributed by atoms with Crippen molar-refractivity contribution in [1.82, 2.24) is 15.1 Å². The topological polar surface area (TPSA) is 78.1 Å². The van der Waals surface area contributed by atoms with Crippen LogP contribution in [-0.4, -0.2) is 21.1 Å². The van der Waals surface area contributed by atoms with Crippen molar-refractivity contribution in [2.24, 2.45) is 0 Å². The van der Waals surface area contributed by atoms with E-state index in [0.717, 1.165) is 5.39 Å². The van der Waals surface area contributed by atoms with Crippen molar-refractivity contribution in [1.29, 1.82) is 0 Å². The van der Waals surface area contributed by atoms with Crippen LogP contribution >= 0.6 is 11.6 Å². The number of halogens is 1. The summed E-state index contributed by atoms with van der Waals surface area (Å²) in [6.07, 6.45) is 0.664. The Balaban J connectivity index is 1.72. The van der Waals surface area contributed by atoms with Crippen molar-refractivity contribution in [2.75, 3.05) is 0 Å². The van der Waals surface area contributed by atoms with Gasteiger partial charge in [0.05, 0.1) is 11.1 Å². The smallest absolute Gasteiger partial charge is 0.338 e. The Morgan fingerprint density at radius 2 is 2.14 bits per heavy atom. The number of hydrogen-bond donors (Lipinski definition) is 0. The molecule has 2 heterocycles. The minimum atomic E-state index is -0.465. The molecule has 0 radical (unpaired) electrons. The lowest BCUT2D eigenvalue weighted by atomic mass is 10.1. The number of carbonyl (C=O) groups is 1. The molecule has 0 fully saturated rings. The van der Waals surface area contributed by atoms with E-state index in [1.807, 2.05) is 6.92 Å². The van der Waals surface area contributed by atoms with E-state index in [4.69, 9.17) is 20.9 Å². The predicted octanol–water partition coefficient (Wildman–Crippen LogP) is 3.19. The molecule has 0 N–H and O–H groups in total. The number of fused-ring (bicyclic) bond motifs is 1. The first-order chi connectivity index (χ1) is 10.7. The van der Waals surface area contributed by atoms with Crippen LogP contribution in [0.5, 0.6) is 0 Å².